The number of esters is 1. The Labute approximate surface area is 104 Å². The van der Waals surface area contributed by atoms with E-state index in [1.807, 2.05) is 42.5 Å². The fraction of sp³-hybridized carbons (Fsp3) is 0. The molecule has 0 radical (unpaired) electrons. The molecule has 3 nitrogen and oxygen atoms in total. The highest BCUT2D eigenvalue weighted by Crippen LogP contribution is 2.25. The van der Waals surface area contributed by atoms with Gasteiger partial charge in [-0.05, 0) is 24.3 Å². The van der Waals surface area contributed by atoms with Crippen LogP contribution in [-0.4, -0.2) is 11.0 Å². The van der Waals surface area contributed by atoms with Crippen molar-refractivity contribution in [3.63, 3.8) is 0 Å². The zero-order valence-electron chi connectivity index (χ0n) is 9.59. The minimum atomic E-state index is -0.347. The first-order valence-electron chi connectivity index (χ1n) is 5.68. The van der Waals surface area contributed by atoms with Gasteiger partial charge in [0.2, 0.25) is 0 Å². The fourth-order valence-corrected chi connectivity index (χ4v) is 1.86. The quantitative estimate of drug-likeness (QED) is 0.694. The highest BCUT2D eigenvalue weighted by molar-refractivity contribution is 5.94. The molecule has 1 N–H and O–H groups in total. The zero-order valence-corrected chi connectivity index (χ0v) is 9.59. The van der Waals surface area contributed by atoms with E-state index in [2.05, 4.69) is 4.98 Å². The maximum Gasteiger partial charge on any atom is 0.343 e. The number of hydrogen-bond acceptors (Lipinski definition) is 2. The Morgan fingerprint density at radius 3 is 2.50 bits per heavy atom. The second-order valence-corrected chi connectivity index (χ2v) is 3.95. The normalized spacial score (nSPS) is 10.4. The second-order valence-electron chi connectivity index (χ2n) is 3.95. The lowest BCUT2D eigenvalue weighted by Crippen LogP contribution is -2.07. The molecule has 1 aromatic heterocycles. The topological polar surface area (TPSA) is 42.1 Å². The van der Waals surface area contributed by atoms with Crippen molar-refractivity contribution in [2.75, 3.05) is 0 Å². The lowest BCUT2D eigenvalue weighted by atomic mass is 10.2. The molecular formula is C15H11NO2. The average molecular weight is 237 g/mol. The van der Waals surface area contributed by atoms with Crippen LogP contribution in [0.1, 0.15) is 10.4 Å². The molecule has 0 saturated heterocycles. The number of aromatic nitrogens is 1. The number of aromatic amines is 1. The summed E-state index contributed by atoms with van der Waals surface area (Å²) in [7, 11) is 0. The van der Waals surface area contributed by atoms with Crippen LogP contribution in [0.2, 0.25) is 0 Å². The molecule has 0 aliphatic carbocycles. The Morgan fingerprint density at radius 2 is 1.67 bits per heavy atom. The Bertz CT molecular complexity index is 686. The van der Waals surface area contributed by atoms with E-state index in [1.54, 1.807) is 18.3 Å². The number of ether oxygens (including phenoxy) is 1. The molecule has 0 atom stereocenters. The minimum absolute atomic E-state index is 0.347. The predicted molar refractivity (Wildman–Crippen MR) is 69.7 cm³/mol. The average Bonchev–Trinajstić information content (AvgIpc) is 2.83. The molecule has 18 heavy (non-hydrogen) atoms. The number of benzene rings is 2. The van der Waals surface area contributed by atoms with Crippen LogP contribution >= 0.6 is 0 Å². The van der Waals surface area contributed by atoms with Crippen LogP contribution in [0.3, 0.4) is 0 Å². The lowest BCUT2D eigenvalue weighted by molar-refractivity contribution is 0.0737. The van der Waals surface area contributed by atoms with Crippen LogP contribution < -0.4 is 4.74 Å². The molecule has 3 heteroatoms. The van der Waals surface area contributed by atoms with Crippen molar-refractivity contribution < 1.29 is 9.53 Å². The van der Waals surface area contributed by atoms with Crippen molar-refractivity contribution >= 4 is 16.9 Å². The van der Waals surface area contributed by atoms with Crippen molar-refractivity contribution in [3.05, 3.63) is 66.4 Å². The predicted octanol–water partition coefficient (Wildman–Crippen LogP) is 3.39. The van der Waals surface area contributed by atoms with Gasteiger partial charge in [0.1, 0.15) is 0 Å². The van der Waals surface area contributed by atoms with Gasteiger partial charge in [-0.1, -0.05) is 30.3 Å². The summed E-state index contributed by atoms with van der Waals surface area (Å²) in [6.45, 7) is 0. The van der Waals surface area contributed by atoms with Gasteiger partial charge in [0, 0.05) is 17.1 Å². The molecule has 1 heterocycles. The summed E-state index contributed by atoms with van der Waals surface area (Å²) < 4.78 is 5.38. The number of fused-ring (bicyclic) bond motifs is 1. The molecule has 2 aromatic carbocycles. The number of nitrogens with one attached hydrogen (secondary N) is 1. The van der Waals surface area contributed by atoms with Crippen molar-refractivity contribution in [2.24, 2.45) is 0 Å². The zero-order chi connectivity index (χ0) is 12.4. The molecular weight excluding hydrogens is 226 g/mol. The van der Waals surface area contributed by atoms with E-state index in [0.717, 1.165) is 10.9 Å². The number of rotatable bonds is 2. The van der Waals surface area contributed by atoms with E-state index in [9.17, 15) is 4.79 Å². The Kier molecular flexibility index (Phi) is 2.57. The molecule has 0 amide bonds. The summed E-state index contributed by atoms with van der Waals surface area (Å²) in [6.07, 6.45) is 1.70. The summed E-state index contributed by atoms with van der Waals surface area (Å²) in [6, 6.07) is 16.7. The van der Waals surface area contributed by atoms with Crippen LogP contribution in [0, 0.1) is 0 Å². The van der Waals surface area contributed by atoms with Gasteiger partial charge in [0.05, 0.1) is 5.56 Å². The third kappa shape index (κ3) is 1.86. The fourth-order valence-electron chi connectivity index (χ4n) is 1.86. The van der Waals surface area contributed by atoms with Crippen LogP contribution in [0.15, 0.2) is 60.8 Å². The third-order valence-electron chi connectivity index (χ3n) is 2.76. The highest BCUT2D eigenvalue weighted by atomic mass is 16.5. The SMILES string of the molecule is O=C(Oc1c[nH]c2ccccc12)c1ccccc1. The van der Waals surface area contributed by atoms with Crippen molar-refractivity contribution in [1.29, 1.82) is 0 Å². The molecule has 0 aliphatic heterocycles. The van der Waals surface area contributed by atoms with E-state index in [4.69, 9.17) is 4.74 Å². The lowest BCUT2D eigenvalue weighted by Gasteiger charge is -2.02. The largest absolute Gasteiger partial charge is 0.421 e. The first kappa shape index (κ1) is 10.6. The van der Waals surface area contributed by atoms with Crippen LogP contribution in [-0.2, 0) is 0 Å². The van der Waals surface area contributed by atoms with Gasteiger partial charge in [0.15, 0.2) is 5.75 Å². The second kappa shape index (κ2) is 4.37. The molecule has 0 bridgehead atoms. The molecule has 0 spiro atoms. The first-order valence-corrected chi connectivity index (χ1v) is 5.68. The summed E-state index contributed by atoms with van der Waals surface area (Å²) in [5.41, 5.74) is 1.50. The van der Waals surface area contributed by atoms with Crippen molar-refractivity contribution in [3.8, 4) is 5.75 Å². The standard InChI is InChI=1S/C15H11NO2/c17-15(11-6-2-1-3-7-11)18-14-10-16-13-9-5-4-8-12(13)14/h1-10,16H. The summed E-state index contributed by atoms with van der Waals surface area (Å²) in [5.74, 6) is 0.208. The minimum Gasteiger partial charge on any atom is -0.421 e. The van der Waals surface area contributed by atoms with Crippen LogP contribution in [0.25, 0.3) is 10.9 Å². The van der Waals surface area contributed by atoms with E-state index < -0.39 is 0 Å². The molecule has 3 aromatic rings. The smallest absolute Gasteiger partial charge is 0.343 e. The maximum absolute atomic E-state index is 11.9. The number of hydrogen-bond donors (Lipinski definition) is 1. The van der Waals surface area contributed by atoms with Gasteiger partial charge in [-0.3, -0.25) is 0 Å². The van der Waals surface area contributed by atoms with Crippen molar-refractivity contribution in [2.45, 2.75) is 0 Å². The monoisotopic (exact) mass is 237 g/mol. The van der Waals surface area contributed by atoms with Gasteiger partial charge >= 0.3 is 5.97 Å². The number of H-pyrrole nitrogens is 1. The van der Waals surface area contributed by atoms with E-state index in [0.29, 0.717) is 11.3 Å². The van der Waals surface area contributed by atoms with E-state index in [1.165, 1.54) is 0 Å². The van der Waals surface area contributed by atoms with Crippen LogP contribution in [0.5, 0.6) is 5.75 Å². The van der Waals surface area contributed by atoms with Gasteiger partial charge in [-0.15, -0.1) is 0 Å². The van der Waals surface area contributed by atoms with Gasteiger partial charge in [-0.2, -0.15) is 0 Å². The van der Waals surface area contributed by atoms with Gasteiger partial charge in [0.25, 0.3) is 0 Å². The third-order valence-corrected chi connectivity index (χ3v) is 2.76. The molecule has 0 unspecified atom stereocenters. The first-order chi connectivity index (χ1) is 8.84. The Balaban J connectivity index is 1.91. The number of para-hydroxylation sites is 1. The van der Waals surface area contributed by atoms with E-state index in [-0.39, 0.29) is 5.97 Å². The molecule has 0 fully saturated rings. The molecule has 0 saturated carbocycles. The highest BCUT2D eigenvalue weighted by Gasteiger charge is 2.11. The Morgan fingerprint density at radius 1 is 0.944 bits per heavy atom. The van der Waals surface area contributed by atoms with Gasteiger partial charge in [-0.25, -0.2) is 4.79 Å². The van der Waals surface area contributed by atoms with E-state index >= 15 is 0 Å². The number of carbonyl (C=O) groups excluding carboxylic acids is 1. The maximum atomic E-state index is 11.9. The summed E-state index contributed by atoms with van der Waals surface area (Å²) >= 11 is 0. The van der Waals surface area contributed by atoms with Crippen LogP contribution in [0.4, 0.5) is 0 Å². The molecule has 88 valence electrons. The summed E-state index contributed by atoms with van der Waals surface area (Å²) in [4.78, 5) is 15.0. The Hall–Kier alpha value is -2.55. The molecule has 0 aliphatic rings. The summed E-state index contributed by atoms with van der Waals surface area (Å²) in [5, 5.41) is 0.904. The number of carbonyl (C=O) groups is 1. The van der Waals surface area contributed by atoms with Gasteiger partial charge < -0.3 is 9.72 Å². The molecule has 3 rings (SSSR count). The van der Waals surface area contributed by atoms with Crippen molar-refractivity contribution in [1.82, 2.24) is 4.98 Å².